The lowest BCUT2D eigenvalue weighted by molar-refractivity contribution is -0.142. The molecule has 0 atom stereocenters. The summed E-state index contributed by atoms with van der Waals surface area (Å²) in [7, 11) is 0. The maximum atomic E-state index is 11.9. The molecule has 1 aromatic heterocycles. The molecular formula is C10H13F3N2O2S2. The van der Waals surface area contributed by atoms with E-state index in [0.717, 1.165) is 0 Å². The summed E-state index contributed by atoms with van der Waals surface area (Å²) in [6.45, 7) is 2.18. The third-order valence-electron chi connectivity index (χ3n) is 1.83. The second-order valence-electron chi connectivity index (χ2n) is 3.35. The summed E-state index contributed by atoms with van der Waals surface area (Å²) in [6, 6.07) is 0. The Bertz CT molecular complexity index is 410. The van der Waals surface area contributed by atoms with Gasteiger partial charge in [0.05, 0.1) is 18.7 Å². The molecule has 0 aromatic carbocycles. The molecule has 0 aliphatic rings. The van der Waals surface area contributed by atoms with Crippen molar-refractivity contribution < 1.29 is 22.7 Å². The number of hydrogen-bond donors (Lipinski definition) is 1. The van der Waals surface area contributed by atoms with E-state index in [0.29, 0.717) is 17.4 Å². The van der Waals surface area contributed by atoms with Crippen molar-refractivity contribution in [1.29, 1.82) is 0 Å². The Balaban J connectivity index is 2.29. The van der Waals surface area contributed by atoms with Crippen LogP contribution < -0.4 is 5.32 Å². The van der Waals surface area contributed by atoms with Gasteiger partial charge in [0, 0.05) is 17.7 Å². The van der Waals surface area contributed by atoms with Gasteiger partial charge in [-0.2, -0.15) is 13.2 Å². The maximum absolute atomic E-state index is 11.9. The molecule has 0 unspecified atom stereocenters. The zero-order valence-corrected chi connectivity index (χ0v) is 11.8. The number of nitrogens with zero attached hydrogens (tertiary/aromatic N) is 1. The van der Waals surface area contributed by atoms with Crippen molar-refractivity contribution in [2.45, 2.75) is 18.9 Å². The fourth-order valence-electron chi connectivity index (χ4n) is 1.15. The van der Waals surface area contributed by atoms with E-state index in [2.05, 4.69) is 10.3 Å². The van der Waals surface area contributed by atoms with Gasteiger partial charge in [-0.1, -0.05) is 0 Å². The maximum Gasteiger partial charge on any atom is 0.441 e. The van der Waals surface area contributed by atoms with Crippen LogP contribution in [0, 0.1) is 0 Å². The molecule has 19 heavy (non-hydrogen) atoms. The lowest BCUT2D eigenvalue weighted by Crippen LogP contribution is -2.10. The highest BCUT2D eigenvalue weighted by Crippen LogP contribution is 2.29. The average molecular weight is 314 g/mol. The van der Waals surface area contributed by atoms with E-state index in [1.165, 1.54) is 11.3 Å². The normalized spacial score (nSPS) is 11.4. The summed E-state index contributed by atoms with van der Waals surface area (Å²) in [4.78, 5) is 15.3. The number of aromatic nitrogens is 1. The predicted molar refractivity (Wildman–Crippen MR) is 69.5 cm³/mol. The molecule has 0 saturated carbocycles. The Morgan fingerprint density at radius 2 is 2.32 bits per heavy atom. The quantitative estimate of drug-likeness (QED) is 0.619. The van der Waals surface area contributed by atoms with Crippen molar-refractivity contribution in [3.63, 3.8) is 0 Å². The third-order valence-corrected chi connectivity index (χ3v) is 3.41. The number of thiazole rings is 1. The number of ether oxygens (including phenoxy) is 1. The minimum absolute atomic E-state index is 0.0727. The molecule has 0 aliphatic heterocycles. The van der Waals surface area contributed by atoms with Gasteiger partial charge >= 0.3 is 11.5 Å². The number of thioether (sulfide) groups is 1. The topological polar surface area (TPSA) is 51.2 Å². The second kappa shape index (κ2) is 7.59. The minimum Gasteiger partial charge on any atom is -0.466 e. The highest BCUT2D eigenvalue weighted by molar-refractivity contribution is 8.00. The minimum atomic E-state index is -4.21. The Morgan fingerprint density at radius 3 is 2.95 bits per heavy atom. The van der Waals surface area contributed by atoms with Crippen molar-refractivity contribution in [2.24, 2.45) is 0 Å². The van der Waals surface area contributed by atoms with Crippen LogP contribution in [-0.4, -0.2) is 35.4 Å². The van der Waals surface area contributed by atoms with E-state index in [-0.39, 0.29) is 36.4 Å². The van der Waals surface area contributed by atoms with E-state index in [1.807, 2.05) is 0 Å². The van der Waals surface area contributed by atoms with Crippen LogP contribution >= 0.6 is 23.1 Å². The van der Waals surface area contributed by atoms with E-state index in [9.17, 15) is 18.0 Å². The first-order valence-electron chi connectivity index (χ1n) is 5.45. The van der Waals surface area contributed by atoms with E-state index >= 15 is 0 Å². The molecule has 108 valence electrons. The fraction of sp³-hybridized carbons (Fsp3) is 0.600. The Kier molecular flexibility index (Phi) is 6.43. The van der Waals surface area contributed by atoms with Gasteiger partial charge in [-0.05, 0) is 18.7 Å². The van der Waals surface area contributed by atoms with Gasteiger partial charge < -0.3 is 10.1 Å². The van der Waals surface area contributed by atoms with Crippen molar-refractivity contribution in [2.75, 3.05) is 24.2 Å². The zero-order chi connectivity index (χ0) is 14.3. The number of alkyl halides is 3. The SMILES string of the molecule is CCOC(=O)Cc1csc(NCCSC(F)(F)F)n1. The van der Waals surface area contributed by atoms with Gasteiger partial charge in [0.1, 0.15) is 0 Å². The van der Waals surface area contributed by atoms with Crippen molar-refractivity contribution in [3.8, 4) is 0 Å². The van der Waals surface area contributed by atoms with Crippen LogP contribution in [0.15, 0.2) is 5.38 Å². The highest BCUT2D eigenvalue weighted by Gasteiger charge is 2.27. The number of carbonyl (C=O) groups is 1. The number of esters is 1. The van der Waals surface area contributed by atoms with Crippen LogP contribution in [0.1, 0.15) is 12.6 Å². The fourth-order valence-corrected chi connectivity index (χ4v) is 2.33. The smallest absolute Gasteiger partial charge is 0.441 e. The lowest BCUT2D eigenvalue weighted by atomic mass is 10.3. The van der Waals surface area contributed by atoms with Crippen molar-refractivity contribution >= 4 is 34.2 Å². The van der Waals surface area contributed by atoms with Gasteiger partial charge in [-0.15, -0.1) is 11.3 Å². The molecule has 0 saturated heterocycles. The van der Waals surface area contributed by atoms with E-state index < -0.39 is 5.51 Å². The number of carbonyl (C=O) groups excluding carboxylic acids is 1. The molecule has 0 fully saturated rings. The lowest BCUT2D eigenvalue weighted by Gasteiger charge is -2.05. The van der Waals surface area contributed by atoms with Crippen LogP contribution in [0.3, 0.4) is 0 Å². The molecule has 1 heterocycles. The van der Waals surface area contributed by atoms with Gasteiger partial charge in [-0.3, -0.25) is 4.79 Å². The van der Waals surface area contributed by atoms with E-state index in [4.69, 9.17) is 4.74 Å². The molecule has 4 nitrogen and oxygen atoms in total. The van der Waals surface area contributed by atoms with Gasteiger partial charge in [-0.25, -0.2) is 4.98 Å². The number of hydrogen-bond acceptors (Lipinski definition) is 6. The first-order chi connectivity index (χ1) is 8.90. The standard InChI is InChI=1S/C10H13F3N2O2S2/c1-2-17-8(16)5-7-6-18-9(15-7)14-3-4-19-10(11,12)13/h6H,2-5H2,1H3,(H,14,15). The molecule has 0 aliphatic carbocycles. The van der Waals surface area contributed by atoms with E-state index in [1.54, 1.807) is 12.3 Å². The predicted octanol–water partition coefficient (Wildman–Crippen LogP) is 2.91. The number of halogens is 3. The summed E-state index contributed by atoms with van der Waals surface area (Å²) in [5.41, 5.74) is -3.66. The monoisotopic (exact) mass is 314 g/mol. The molecule has 0 radical (unpaired) electrons. The van der Waals surface area contributed by atoms with Crippen LogP contribution in [0.25, 0.3) is 0 Å². The van der Waals surface area contributed by atoms with Gasteiger partial charge in [0.25, 0.3) is 0 Å². The molecular weight excluding hydrogens is 301 g/mol. The van der Waals surface area contributed by atoms with Crippen LogP contribution in [0.4, 0.5) is 18.3 Å². The third kappa shape index (κ3) is 7.26. The number of nitrogens with one attached hydrogen (secondary N) is 1. The molecule has 1 rings (SSSR count). The van der Waals surface area contributed by atoms with Crippen molar-refractivity contribution in [1.82, 2.24) is 4.98 Å². The second-order valence-corrected chi connectivity index (χ2v) is 5.36. The number of anilines is 1. The molecule has 1 N–H and O–H groups in total. The van der Waals surface area contributed by atoms with Crippen molar-refractivity contribution in [3.05, 3.63) is 11.1 Å². The first-order valence-corrected chi connectivity index (χ1v) is 7.32. The first kappa shape index (κ1) is 16.1. The van der Waals surface area contributed by atoms with Crippen LogP contribution in [0.2, 0.25) is 0 Å². The molecule has 9 heteroatoms. The largest absolute Gasteiger partial charge is 0.466 e. The summed E-state index contributed by atoms with van der Waals surface area (Å²) >= 11 is 1.16. The summed E-state index contributed by atoms with van der Waals surface area (Å²) < 4.78 is 40.4. The molecule has 0 amide bonds. The highest BCUT2D eigenvalue weighted by atomic mass is 32.2. The molecule has 0 bridgehead atoms. The van der Waals surface area contributed by atoms with Crippen LogP contribution in [-0.2, 0) is 16.0 Å². The summed E-state index contributed by atoms with van der Waals surface area (Å²) in [6.07, 6.45) is 0.0727. The Morgan fingerprint density at radius 1 is 1.58 bits per heavy atom. The average Bonchev–Trinajstić information content (AvgIpc) is 2.71. The molecule has 0 spiro atoms. The number of rotatable bonds is 7. The van der Waals surface area contributed by atoms with Gasteiger partial charge in [0.15, 0.2) is 5.13 Å². The summed E-state index contributed by atoms with van der Waals surface area (Å²) in [5.74, 6) is -0.456. The van der Waals surface area contributed by atoms with Crippen LogP contribution in [0.5, 0.6) is 0 Å². The zero-order valence-electron chi connectivity index (χ0n) is 10.1. The molecule has 1 aromatic rings. The van der Waals surface area contributed by atoms with Gasteiger partial charge in [0.2, 0.25) is 0 Å². The summed E-state index contributed by atoms with van der Waals surface area (Å²) in [5, 5.41) is 4.96. The Labute approximate surface area is 116 Å². The Hall–Kier alpha value is -0.960.